The van der Waals surface area contributed by atoms with E-state index in [1.54, 1.807) is 18.2 Å². The molecule has 0 bridgehead atoms. The van der Waals surface area contributed by atoms with Gasteiger partial charge < -0.3 is 5.32 Å². The topological polar surface area (TPSA) is 75.3 Å². The molecular formula is C17H18N2O3S. The zero-order valence-electron chi connectivity index (χ0n) is 12.5. The standard InChI is InChI=1S/C17H18N2O3S/c20-17-11-10-14(12-18-17)19-23(21,22)16-9-5-4-8-15(16)13-6-2-1-3-7-13/h1-9,14,19H,10-12H2,(H,18,20). The minimum Gasteiger partial charge on any atom is -0.355 e. The molecule has 3 rings (SSSR count). The van der Waals surface area contributed by atoms with Gasteiger partial charge in [0.15, 0.2) is 0 Å². The van der Waals surface area contributed by atoms with Crippen LogP contribution in [-0.4, -0.2) is 26.9 Å². The highest BCUT2D eigenvalue weighted by atomic mass is 32.2. The summed E-state index contributed by atoms with van der Waals surface area (Å²) in [5, 5.41) is 2.69. The molecule has 2 N–H and O–H groups in total. The molecule has 1 saturated heterocycles. The Morgan fingerprint density at radius 3 is 2.39 bits per heavy atom. The Morgan fingerprint density at radius 2 is 1.70 bits per heavy atom. The van der Waals surface area contributed by atoms with Crippen molar-refractivity contribution in [2.45, 2.75) is 23.8 Å². The average Bonchev–Trinajstić information content (AvgIpc) is 2.58. The van der Waals surface area contributed by atoms with Crippen LogP contribution in [0.5, 0.6) is 0 Å². The molecule has 5 nitrogen and oxygen atoms in total. The first-order valence-electron chi connectivity index (χ1n) is 7.50. The quantitative estimate of drug-likeness (QED) is 0.899. The van der Waals surface area contributed by atoms with Crippen LogP contribution in [-0.2, 0) is 14.8 Å². The van der Waals surface area contributed by atoms with E-state index in [0.717, 1.165) is 5.56 Å². The summed E-state index contributed by atoms with van der Waals surface area (Å²) in [6, 6.07) is 16.1. The minimum atomic E-state index is -3.66. The smallest absolute Gasteiger partial charge is 0.241 e. The molecule has 1 aliphatic heterocycles. The highest BCUT2D eigenvalue weighted by molar-refractivity contribution is 7.89. The third-order valence-corrected chi connectivity index (χ3v) is 5.43. The van der Waals surface area contributed by atoms with Crippen LogP contribution in [0, 0.1) is 0 Å². The summed E-state index contributed by atoms with van der Waals surface area (Å²) in [6.07, 6.45) is 0.853. The van der Waals surface area contributed by atoms with E-state index < -0.39 is 10.0 Å². The molecule has 0 radical (unpaired) electrons. The van der Waals surface area contributed by atoms with Crippen molar-refractivity contribution in [2.75, 3.05) is 6.54 Å². The molecule has 1 unspecified atom stereocenters. The van der Waals surface area contributed by atoms with Crippen molar-refractivity contribution in [1.29, 1.82) is 0 Å². The lowest BCUT2D eigenvalue weighted by molar-refractivity contribution is -0.122. The minimum absolute atomic E-state index is 0.0369. The molecule has 1 atom stereocenters. The van der Waals surface area contributed by atoms with E-state index in [0.29, 0.717) is 24.9 Å². The van der Waals surface area contributed by atoms with Crippen LogP contribution in [0.4, 0.5) is 0 Å². The lowest BCUT2D eigenvalue weighted by Crippen LogP contribution is -2.47. The number of carbonyl (C=O) groups is 1. The Balaban J connectivity index is 1.90. The second kappa shape index (κ2) is 6.52. The van der Waals surface area contributed by atoms with Crippen LogP contribution in [0.2, 0.25) is 0 Å². The van der Waals surface area contributed by atoms with E-state index in [1.165, 1.54) is 0 Å². The number of sulfonamides is 1. The van der Waals surface area contributed by atoms with Crippen molar-refractivity contribution in [3.05, 3.63) is 54.6 Å². The van der Waals surface area contributed by atoms with Gasteiger partial charge in [0.1, 0.15) is 0 Å². The van der Waals surface area contributed by atoms with E-state index in [2.05, 4.69) is 10.0 Å². The predicted octanol–water partition coefficient (Wildman–Crippen LogP) is 1.91. The van der Waals surface area contributed by atoms with Crippen molar-refractivity contribution in [3.63, 3.8) is 0 Å². The van der Waals surface area contributed by atoms with E-state index in [4.69, 9.17) is 0 Å². The zero-order chi connectivity index (χ0) is 16.3. The van der Waals surface area contributed by atoms with Crippen LogP contribution in [0.25, 0.3) is 11.1 Å². The van der Waals surface area contributed by atoms with Crippen molar-refractivity contribution in [1.82, 2.24) is 10.0 Å². The van der Waals surface area contributed by atoms with Gasteiger partial charge in [-0.2, -0.15) is 0 Å². The lowest BCUT2D eigenvalue weighted by atomic mass is 10.1. The van der Waals surface area contributed by atoms with Crippen LogP contribution < -0.4 is 10.0 Å². The lowest BCUT2D eigenvalue weighted by Gasteiger charge is -2.24. The fraction of sp³-hybridized carbons (Fsp3) is 0.235. The van der Waals surface area contributed by atoms with Gasteiger partial charge in [0.05, 0.1) is 4.90 Å². The molecule has 0 saturated carbocycles. The maximum Gasteiger partial charge on any atom is 0.241 e. The SMILES string of the molecule is O=C1CCC(NS(=O)(=O)c2ccccc2-c2ccccc2)CN1. The number of nitrogens with one attached hydrogen (secondary N) is 2. The molecule has 0 spiro atoms. The van der Waals surface area contributed by atoms with Crippen LogP contribution in [0.15, 0.2) is 59.5 Å². The molecule has 120 valence electrons. The molecule has 1 amide bonds. The van der Waals surface area contributed by atoms with Crippen LogP contribution in [0.1, 0.15) is 12.8 Å². The summed E-state index contributed by atoms with van der Waals surface area (Å²) < 4.78 is 28.2. The number of hydrogen-bond acceptors (Lipinski definition) is 3. The maximum atomic E-state index is 12.8. The number of benzene rings is 2. The van der Waals surface area contributed by atoms with Crippen molar-refractivity contribution in [2.24, 2.45) is 0 Å². The summed E-state index contributed by atoms with van der Waals surface area (Å²) >= 11 is 0. The molecule has 6 heteroatoms. The fourth-order valence-corrected chi connectivity index (χ4v) is 4.17. The first kappa shape index (κ1) is 15.7. The van der Waals surface area contributed by atoms with Gasteiger partial charge in [0.25, 0.3) is 0 Å². The third-order valence-electron chi connectivity index (χ3n) is 3.85. The number of hydrogen-bond donors (Lipinski definition) is 2. The average molecular weight is 330 g/mol. The molecule has 2 aromatic rings. The number of rotatable bonds is 4. The summed E-state index contributed by atoms with van der Waals surface area (Å²) in [6.45, 7) is 0.325. The van der Waals surface area contributed by atoms with E-state index in [1.807, 2.05) is 36.4 Å². The number of carbonyl (C=O) groups excluding carboxylic acids is 1. The van der Waals surface area contributed by atoms with E-state index >= 15 is 0 Å². The van der Waals surface area contributed by atoms with Gasteiger partial charge in [-0.3, -0.25) is 4.79 Å². The molecule has 0 aromatic heterocycles. The molecular weight excluding hydrogens is 312 g/mol. The first-order valence-corrected chi connectivity index (χ1v) is 8.98. The Kier molecular flexibility index (Phi) is 4.45. The Hall–Kier alpha value is -2.18. The summed E-state index contributed by atoms with van der Waals surface area (Å²) in [5.74, 6) is -0.0369. The Morgan fingerprint density at radius 1 is 1.00 bits per heavy atom. The molecule has 1 aliphatic rings. The highest BCUT2D eigenvalue weighted by Gasteiger charge is 2.25. The zero-order valence-corrected chi connectivity index (χ0v) is 13.3. The van der Waals surface area contributed by atoms with Gasteiger partial charge in [-0.25, -0.2) is 13.1 Å². The van der Waals surface area contributed by atoms with Crippen molar-refractivity contribution < 1.29 is 13.2 Å². The van der Waals surface area contributed by atoms with Gasteiger partial charge in [-0.15, -0.1) is 0 Å². The van der Waals surface area contributed by atoms with Gasteiger partial charge in [-0.05, 0) is 18.1 Å². The van der Waals surface area contributed by atoms with Gasteiger partial charge in [0, 0.05) is 24.6 Å². The largest absolute Gasteiger partial charge is 0.355 e. The summed E-state index contributed by atoms with van der Waals surface area (Å²) in [5.41, 5.74) is 1.52. The third kappa shape index (κ3) is 3.60. The van der Waals surface area contributed by atoms with Crippen LogP contribution in [0.3, 0.4) is 0 Å². The molecule has 1 heterocycles. The molecule has 23 heavy (non-hydrogen) atoms. The van der Waals surface area contributed by atoms with Gasteiger partial charge >= 0.3 is 0 Å². The van der Waals surface area contributed by atoms with Gasteiger partial charge in [0.2, 0.25) is 15.9 Å². The summed E-state index contributed by atoms with van der Waals surface area (Å²) in [7, 11) is -3.66. The van der Waals surface area contributed by atoms with E-state index in [-0.39, 0.29) is 16.8 Å². The Labute approximate surface area is 135 Å². The second-order valence-electron chi connectivity index (χ2n) is 5.52. The maximum absolute atomic E-state index is 12.8. The number of piperidine rings is 1. The van der Waals surface area contributed by atoms with Crippen LogP contribution >= 0.6 is 0 Å². The Bertz CT molecular complexity index is 794. The molecule has 1 fully saturated rings. The van der Waals surface area contributed by atoms with Crippen molar-refractivity contribution in [3.8, 4) is 11.1 Å². The fourth-order valence-electron chi connectivity index (χ4n) is 2.67. The van der Waals surface area contributed by atoms with Crippen molar-refractivity contribution >= 4 is 15.9 Å². The normalized spacial score (nSPS) is 18.4. The summed E-state index contributed by atoms with van der Waals surface area (Å²) in [4.78, 5) is 11.4. The van der Waals surface area contributed by atoms with E-state index in [9.17, 15) is 13.2 Å². The second-order valence-corrected chi connectivity index (χ2v) is 7.21. The highest BCUT2D eigenvalue weighted by Crippen LogP contribution is 2.27. The van der Waals surface area contributed by atoms with Gasteiger partial charge in [-0.1, -0.05) is 48.5 Å². The monoisotopic (exact) mass is 330 g/mol. The molecule has 0 aliphatic carbocycles. The molecule has 2 aromatic carbocycles. The predicted molar refractivity (Wildman–Crippen MR) is 88.2 cm³/mol. The number of amides is 1. The first-order chi connectivity index (χ1) is 11.1.